The average Bonchev–Trinajstić information content (AvgIpc) is 3.29. The van der Waals surface area contributed by atoms with E-state index in [0.29, 0.717) is 35.6 Å². The van der Waals surface area contributed by atoms with E-state index in [1.807, 2.05) is 42.2 Å². The van der Waals surface area contributed by atoms with Crippen molar-refractivity contribution in [1.82, 2.24) is 20.0 Å². The van der Waals surface area contributed by atoms with Crippen LogP contribution < -0.4 is 0 Å². The van der Waals surface area contributed by atoms with Gasteiger partial charge in [0.05, 0.1) is 18.0 Å². The fourth-order valence-corrected chi connectivity index (χ4v) is 3.44. The maximum absolute atomic E-state index is 12.8. The second-order valence-electron chi connectivity index (χ2n) is 6.92. The van der Waals surface area contributed by atoms with Gasteiger partial charge in [-0.2, -0.15) is 4.98 Å². The summed E-state index contributed by atoms with van der Waals surface area (Å²) in [6, 6.07) is 9.71. The van der Waals surface area contributed by atoms with E-state index < -0.39 is 0 Å². The minimum atomic E-state index is 0.0481. The quantitative estimate of drug-likeness (QED) is 0.704. The molecule has 0 spiro atoms. The molecular weight excluding hydrogens is 344 g/mol. The summed E-state index contributed by atoms with van der Waals surface area (Å²) in [5.74, 6) is 2.63. The lowest BCUT2D eigenvalue weighted by Crippen LogP contribution is -2.40. The van der Waals surface area contributed by atoms with E-state index in [0.717, 1.165) is 24.9 Å². The smallest absolute Gasteiger partial charge is 0.231 e. The summed E-state index contributed by atoms with van der Waals surface area (Å²) < 4.78 is 11.1. The minimum Gasteiger partial charge on any atom is -0.441 e. The standard InChI is InChI=1S/C20H22N4O3/c1-13-17(22-19(26-13)15-7-4-3-5-8-15)11-18(25)24-10-6-9-16(12-24)20-21-14(2)23-27-20/h3-5,7-8,16H,6,9-12H2,1-2H3. The number of hydrogen-bond acceptors (Lipinski definition) is 6. The first-order valence-corrected chi connectivity index (χ1v) is 9.20. The van der Waals surface area contributed by atoms with Gasteiger partial charge in [-0.25, -0.2) is 4.98 Å². The van der Waals surface area contributed by atoms with Gasteiger partial charge in [0.1, 0.15) is 5.76 Å². The summed E-state index contributed by atoms with van der Waals surface area (Å²) in [7, 11) is 0. The van der Waals surface area contributed by atoms with Crippen LogP contribution in [0.3, 0.4) is 0 Å². The van der Waals surface area contributed by atoms with E-state index in [2.05, 4.69) is 15.1 Å². The van der Waals surface area contributed by atoms with E-state index >= 15 is 0 Å². The van der Waals surface area contributed by atoms with Gasteiger partial charge in [0, 0.05) is 18.7 Å². The third kappa shape index (κ3) is 3.77. The normalized spacial score (nSPS) is 17.3. The Morgan fingerprint density at radius 2 is 2.04 bits per heavy atom. The van der Waals surface area contributed by atoms with Crippen LogP contribution >= 0.6 is 0 Å². The molecule has 1 aromatic carbocycles. The van der Waals surface area contributed by atoms with Crippen LogP contribution in [-0.4, -0.2) is 39.0 Å². The minimum absolute atomic E-state index is 0.0481. The molecule has 7 nitrogen and oxygen atoms in total. The van der Waals surface area contributed by atoms with Crippen molar-refractivity contribution in [3.8, 4) is 11.5 Å². The van der Waals surface area contributed by atoms with E-state index in [1.54, 1.807) is 6.92 Å². The van der Waals surface area contributed by atoms with Crippen molar-refractivity contribution in [1.29, 1.82) is 0 Å². The van der Waals surface area contributed by atoms with Crippen LogP contribution in [0.1, 0.15) is 41.9 Å². The molecular formula is C20H22N4O3. The molecule has 1 unspecified atom stereocenters. The molecule has 3 heterocycles. The number of amides is 1. The number of carbonyl (C=O) groups excluding carboxylic acids is 1. The zero-order valence-electron chi connectivity index (χ0n) is 15.5. The molecule has 0 bridgehead atoms. The number of aryl methyl sites for hydroxylation is 2. The number of rotatable bonds is 4. The van der Waals surface area contributed by atoms with E-state index in [4.69, 9.17) is 8.94 Å². The molecule has 1 amide bonds. The number of aromatic nitrogens is 3. The van der Waals surface area contributed by atoms with Crippen LogP contribution in [0.4, 0.5) is 0 Å². The summed E-state index contributed by atoms with van der Waals surface area (Å²) in [6.45, 7) is 4.99. The van der Waals surface area contributed by atoms with Gasteiger partial charge in [0.15, 0.2) is 5.82 Å². The Kier molecular flexibility index (Phi) is 4.75. The zero-order chi connectivity index (χ0) is 18.8. The van der Waals surface area contributed by atoms with Gasteiger partial charge < -0.3 is 13.8 Å². The van der Waals surface area contributed by atoms with Crippen LogP contribution in [0.2, 0.25) is 0 Å². The first-order valence-electron chi connectivity index (χ1n) is 9.20. The highest BCUT2D eigenvalue weighted by molar-refractivity contribution is 5.79. The number of oxazole rings is 1. The van der Waals surface area contributed by atoms with Gasteiger partial charge in [0.2, 0.25) is 17.7 Å². The second-order valence-corrected chi connectivity index (χ2v) is 6.92. The molecule has 0 aliphatic carbocycles. The lowest BCUT2D eigenvalue weighted by molar-refractivity contribution is -0.131. The van der Waals surface area contributed by atoms with Crippen molar-refractivity contribution in [2.45, 2.75) is 39.0 Å². The van der Waals surface area contributed by atoms with Crippen molar-refractivity contribution < 1.29 is 13.7 Å². The third-order valence-corrected chi connectivity index (χ3v) is 4.90. The number of likely N-dealkylation sites (tertiary alicyclic amines) is 1. The lowest BCUT2D eigenvalue weighted by atomic mass is 9.97. The Bertz CT molecular complexity index is 932. The second kappa shape index (κ2) is 7.34. The van der Waals surface area contributed by atoms with Crippen LogP contribution in [0.15, 0.2) is 39.3 Å². The van der Waals surface area contributed by atoms with Gasteiger partial charge in [-0.3, -0.25) is 4.79 Å². The number of hydrogen-bond donors (Lipinski definition) is 0. The molecule has 27 heavy (non-hydrogen) atoms. The largest absolute Gasteiger partial charge is 0.441 e. The predicted octanol–water partition coefficient (Wildman–Crippen LogP) is 3.29. The fourth-order valence-electron chi connectivity index (χ4n) is 3.44. The number of benzene rings is 1. The van der Waals surface area contributed by atoms with Gasteiger partial charge in [-0.1, -0.05) is 23.4 Å². The molecule has 140 valence electrons. The number of piperidine rings is 1. The Labute approximate surface area is 157 Å². The van der Waals surface area contributed by atoms with Gasteiger partial charge in [-0.05, 0) is 38.8 Å². The molecule has 7 heteroatoms. The third-order valence-electron chi connectivity index (χ3n) is 4.90. The van der Waals surface area contributed by atoms with Crippen LogP contribution in [0.25, 0.3) is 11.5 Å². The van der Waals surface area contributed by atoms with Crippen molar-refractivity contribution in [3.05, 3.63) is 53.5 Å². The first kappa shape index (κ1) is 17.5. The van der Waals surface area contributed by atoms with Gasteiger partial charge in [-0.15, -0.1) is 0 Å². The highest BCUT2D eigenvalue weighted by Crippen LogP contribution is 2.27. The van der Waals surface area contributed by atoms with E-state index in [9.17, 15) is 4.79 Å². The van der Waals surface area contributed by atoms with Crippen molar-refractivity contribution in [2.24, 2.45) is 0 Å². The summed E-state index contributed by atoms with van der Waals surface area (Å²) in [4.78, 5) is 23.6. The molecule has 1 aliphatic rings. The highest BCUT2D eigenvalue weighted by atomic mass is 16.5. The van der Waals surface area contributed by atoms with Gasteiger partial charge >= 0.3 is 0 Å². The topological polar surface area (TPSA) is 85.3 Å². The molecule has 2 aromatic heterocycles. The predicted molar refractivity (Wildman–Crippen MR) is 98.0 cm³/mol. The summed E-state index contributed by atoms with van der Waals surface area (Å²) in [6.07, 6.45) is 2.11. The van der Waals surface area contributed by atoms with Crippen LogP contribution in [0, 0.1) is 13.8 Å². The summed E-state index contributed by atoms with van der Waals surface area (Å²) >= 11 is 0. The Balaban J connectivity index is 1.45. The molecule has 0 saturated carbocycles. The molecule has 1 fully saturated rings. The lowest BCUT2D eigenvalue weighted by Gasteiger charge is -2.31. The molecule has 0 N–H and O–H groups in total. The molecule has 0 radical (unpaired) electrons. The molecule has 1 saturated heterocycles. The maximum Gasteiger partial charge on any atom is 0.231 e. The number of nitrogens with zero attached hydrogens (tertiary/aromatic N) is 4. The van der Waals surface area contributed by atoms with E-state index in [-0.39, 0.29) is 18.2 Å². The monoisotopic (exact) mass is 366 g/mol. The van der Waals surface area contributed by atoms with Crippen LogP contribution in [-0.2, 0) is 11.2 Å². The fraction of sp³-hybridized carbons (Fsp3) is 0.400. The Morgan fingerprint density at radius 3 is 2.78 bits per heavy atom. The summed E-state index contributed by atoms with van der Waals surface area (Å²) in [5, 5.41) is 3.86. The van der Waals surface area contributed by atoms with Crippen molar-refractivity contribution in [2.75, 3.05) is 13.1 Å². The highest BCUT2D eigenvalue weighted by Gasteiger charge is 2.29. The Hall–Kier alpha value is -2.96. The average molecular weight is 366 g/mol. The summed E-state index contributed by atoms with van der Waals surface area (Å²) in [5.41, 5.74) is 1.60. The van der Waals surface area contributed by atoms with E-state index in [1.165, 1.54) is 0 Å². The van der Waals surface area contributed by atoms with Crippen molar-refractivity contribution >= 4 is 5.91 Å². The first-order chi connectivity index (χ1) is 13.1. The zero-order valence-corrected chi connectivity index (χ0v) is 15.5. The molecule has 1 atom stereocenters. The molecule has 1 aliphatic heterocycles. The SMILES string of the molecule is Cc1noc(C2CCCN(C(=O)Cc3nc(-c4ccccc4)oc3C)C2)n1. The Morgan fingerprint density at radius 1 is 1.22 bits per heavy atom. The number of carbonyl (C=O) groups is 1. The molecule has 3 aromatic rings. The maximum atomic E-state index is 12.8. The van der Waals surface area contributed by atoms with Crippen molar-refractivity contribution in [3.63, 3.8) is 0 Å². The van der Waals surface area contributed by atoms with Gasteiger partial charge in [0.25, 0.3) is 0 Å². The molecule has 4 rings (SSSR count). The van der Waals surface area contributed by atoms with Crippen LogP contribution in [0.5, 0.6) is 0 Å².